The average Bonchev–Trinajstić information content (AvgIpc) is 2.76. The quantitative estimate of drug-likeness (QED) is 0.553. The van der Waals surface area contributed by atoms with Gasteiger partial charge in [-0.15, -0.1) is 0 Å². The van der Waals surface area contributed by atoms with Crippen molar-refractivity contribution in [2.75, 3.05) is 38.3 Å². The molecule has 0 saturated carbocycles. The summed E-state index contributed by atoms with van der Waals surface area (Å²) in [5.41, 5.74) is 2.22. The van der Waals surface area contributed by atoms with Gasteiger partial charge in [-0.1, -0.05) is 18.2 Å². The van der Waals surface area contributed by atoms with Crippen molar-refractivity contribution < 1.29 is 9.47 Å². The Hall–Kier alpha value is -2.80. The number of aliphatic imine (C=N–C) groups is 1. The summed E-state index contributed by atoms with van der Waals surface area (Å²) in [5.74, 6) is 2.63. The molecule has 1 fully saturated rings. The van der Waals surface area contributed by atoms with E-state index in [2.05, 4.69) is 40.4 Å². The van der Waals surface area contributed by atoms with Crippen LogP contribution in [0.2, 0.25) is 0 Å². The van der Waals surface area contributed by atoms with Crippen molar-refractivity contribution in [3.8, 4) is 5.75 Å². The second-order valence-electron chi connectivity index (χ2n) is 7.01. The number of pyridine rings is 1. The Bertz CT molecular complexity index is 811. The normalized spacial score (nSPS) is 17.1. The zero-order valence-electron chi connectivity index (χ0n) is 17.5. The van der Waals surface area contributed by atoms with Gasteiger partial charge in [-0.25, -0.2) is 9.98 Å². The molecular weight excluding hydrogens is 366 g/mol. The zero-order chi connectivity index (χ0) is 20.5. The number of para-hydroxylation sites is 1. The molecule has 0 bridgehead atoms. The summed E-state index contributed by atoms with van der Waals surface area (Å²) in [7, 11) is 1.69. The lowest BCUT2D eigenvalue weighted by atomic mass is 10.2. The first-order valence-electron chi connectivity index (χ1n) is 10.1. The summed E-state index contributed by atoms with van der Waals surface area (Å²) in [6, 6.07) is 12.1. The molecule has 0 radical (unpaired) electrons. The van der Waals surface area contributed by atoms with E-state index in [-0.39, 0.29) is 6.10 Å². The van der Waals surface area contributed by atoms with Crippen LogP contribution in [0.25, 0.3) is 0 Å². The molecule has 156 valence electrons. The monoisotopic (exact) mass is 397 g/mol. The number of nitrogens with one attached hydrogen (secondary N) is 2. The minimum atomic E-state index is 0.228. The third kappa shape index (κ3) is 6.09. The van der Waals surface area contributed by atoms with Crippen LogP contribution in [0.5, 0.6) is 5.75 Å². The Morgan fingerprint density at radius 2 is 2.17 bits per heavy atom. The number of benzene rings is 1. The molecular formula is C22H31N5O2. The molecule has 1 aromatic heterocycles. The number of nitrogens with zero attached hydrogens (tertiary/aromatic N) is 3. The average molecular weight is 398 g/mol. The van der Waals surface area contributed by atoms with Gasteiger partial charge in [0, 0.05) is 37.9 Å². The minimum Gasteiger partial charge on any atom is -0.496 e. The van der Waals surface area contributed by atoms with E-state index < -0.39 is 0 Å². The van der Waals surface area contributed by atoms with E-state index >= 15 is 0 Å². The molecule has 1 atom stereocenters. The fourth-order valence-corrected chi connectivity index (χ4v) is 3.30. The molecule has 29 heavy (non-hydrogen) atoms. The Labute approximate surface area is 173 Å². The number of ether oxygens (including phenoxy) is 2. The lowest BCUT2D eigenvalue weighted by Gasteiger charge is -2.32. The minimum absolute atomic E-state index is 0.228. The van der Waals surface area contributed by atoms with Crippen LogP contribution in [0.4, 0.5) is 5.82 Å². The van der Waals surface area contributed by atoms with Crippen LogP contribution in [0.3, 0.4) is 0 Å². The first-order valence-corrected chi connectivity index (χ1v) is 10.1. The van der Waals surface area contributed by atoms with E-state index in [0.717, 1.165) is 54.9 Å². The van der Waals surface area contributed by atoms with Gasteiger partial charge in [0.15, 0.2) is 5.96 Å². The maximum atomic E-state index is 5.63. The number of aromatic nitrogens is 1. The van der Waals surface area contributed by atoms with Crippen molar-refractivity contribution in [2.45, 2.75) is 33.0 Å². The molecule has 3 rings (SSSR count). The van der Waals surface area contributed by atoms with Crippen LogP contribution in [-0.2, 0) is 17.8 Å². The van der Waals surface area contributed by atoms with Crippen molar-refractivity contribution in [2.24, 2.45) is 4.99 Å². The van der Waals surface area contributed by atoms with Crippen LogP contribution in [0.15, 0.2) is 47.6 Å². The molecule has 2 aromatic rings. The number of rotatable bonds is 7. The molecule has 7 nitrogen and oxygen atoms in total. The molecule has 0 aliphatic carbocycles. The molecule has 2 N–H and O–H groups in total. The van der Waals surface area contributed by atoms with Gasteiger partial charge in [0.25, 0.3) is 0 Å². The van der Waals surface area contributed by atoms with Crippen molar-refractivity contribution in [3.63, 3.8) is 0 Å². The van der Waals surface area contributed by atoms with Crippen LogP contribution < -0.4 is 20.3 Å². The number of guanidine groups is 1. The van der Waals surface area contributed by atoms with Crippen molar-refractivity contribution in [1.29, 1.82) is 0 Å². The first kappa shape index (κ1) is 20.9. The van der Waals surface area contributed by atoms with E-state index in [1.165, 1.54) is 0 Å². The molecule has 1 saturated heterocycles. The predicted octanol–water partition coefficient (Wildman–Crippen LogP) is 2.57. The highest BCUT2D eigenvalue weighted by Crippen LogP contribution is 2.18. The van der Waals surface area contributed by atoms with Crippen LogP contribution >= 0.6 is 0 Å². The van der Waals surface area contributed by atoms with Gasteiger partial charge in [-0.05, 0) is 37.6 Å². The summed E-state index contributed by atoms with van der Waals surface area (Å²) in [5, 5.41) is 6.68. The standard InChI is InChI=1S/C22H31N5O2/c1-4-23-22(26-15-19-7-5-6-8-20(19)28-3)25-14-18-9-10-24-21(13-18)27-11-12-29-17(2)16-27/h5-10,13,17H,4,11-12,14-16H2,1-3H3,(H2,23,25,26). The Kier molecular flexibility index (Phi) is 7.69. The maximum Gasteiger partial charge on any atom is 0.191 e. The van der Waals surface area contributed by atoms with Gasteiger partial charge in [0.2, 0.25) is 0 Å². The number of methoxy groups -OCH3 is 1. The van der Waals surface area contributed by atoms with Gasteiger partial charge in [-0.3, -0.25) is 0 Å². The number of morpholine rings is 1. The third-order valence-electron chi connectivity index (χ3n) is 4.78. The highest BCUT2D eigenvalue weighted by atomic mass is 16.5. The van der Waals surface area contributed by atoms with E-state index in [1.807, 2.05) is 36.5 Å². The van der Waals surface area contributed by atoms with Gasteiger partial charge in [-0.2, -0.15) is 0 Å². The highest BCUT2D eigenvalue weighted by Gasteiger charge is 2.18. The summed E-state index contributed by atoms with van der Waals surface area (Å²) in [4.78, 5) is 11.5. The van der Waals surface area contributed by atoms with Crippen LogP contribution in [-0.4, -0.2) is 50.4 Å². The Morgan fingerprint density at radius 3 is 2.97 bits per heavy atom. The number of anilines is 1. The van der Waals surface area contributed by atoms with E-state index in [0.29, 0.717) is 13.1 Å². The first-order chi connectivity index (χ1) is 14.2. The van der Waals surface area contributed by atoms with E-state index in [1.54, 1.807) is 7.11 Å². The fraction of sp³-hybridized carbons (Fsp3) is 0.455. The van der Waals surface area contributed by atoms with Crippen LogP contribution in [0, 0.1) is 0 Å². The van der Waals surface area contributed by atoms with Crippen molar-refractivity contribution >= 4 is 11.8 Å². The molecule has 1 aliphatic heterocycles. The summed E-state index contributed by atoms with van der Waals surface area (Å²) >= 11 is 0. The molecule has 1 unspecified atom stereocenters. The summed E-state index contributed by atoms with van der Waals surface area (Å²) in [6.45, 7) is 8.64. The van der Waals surface area contributed by atoms with E-state index in [9.17, 15) is 0 Å². The van der Waals surface area contributed by atoms with E-state index in [4.69, 9.17) is 14.5 Å². The maximum absolute atomic E-state index is 5.63. The highest BCUT2D eigenvalue weighted by molar-refractivity contribution is 5.79. The molecule has 7 heteroatoms. The Balaban J connectivity index is 1.64. The predicted molar refractivity (Wildman–Crippen MR) is 117 cm³/mol. The van der Waals surface area contributed by atoms with Gasteiger partial charge in [0.05, 0.1) is 26.4 Å². The summed E-state index contributed by atoms with van der Waals surface area (Å²) in [6.07, 6.45) is 2.09. The van der Waals surface area contributed by atoms with Gasteiger partial charge in [0.1, 0.15) is 11.6 Å². The smallest absolute Gasteiger partial charge is 0.191 e. The Morgan fingerprint density at radius 1 is 1.31 bits per heavy atom. The lowest BCUT2D eigenvalue weighted by molar-refractivity contribution is 0.0529. The molecule has 1 aromatic carbocycles. The SMILES string of the molecule is CCNC(=NCc1ccnc(N2CCOC(C)C2)c1)NCc1ccccc1OC. The fourth-order valence-electron chi connectivity index (χ4n) is 3.30. The molecule has 1 aliphatic rings. The molecule has 0 spiro atoms. The van der Waals surface area contributed by atoms with Gasteiger partial charge >= 0.3 is 0 Å². The second kappa shape index (κ2) is 10.7. The topological polar surface area (TPSA) is 71.0 Å². The number of hydrogen-bond donors (Lipinski definition) is 2. The largest absolute Gasteiger partial charge is 0.496 e. The lowest BCUT2D eigenvalue weighted by Crippen LogP contribution is -2.41. The third-order valence-corrected chi connectivity index (χ3v) is 4.78. The van der Waals surface area contributed by atoms with Crippen molar-refractivity contribution in [1.82, 2.24) is 15.6 Å². The molecule has 2 heterocycles. The zero-order valence-corrected chi connectivity index (χ0v) is 17.5. The van der Waals surface area contributed by atoms with Crippen molar-refractivity contribution in [3.05, 3.63) is 53.7 Å². The molecule has 0 amide bonds. The second-order valence-corrected chi connectivity index (χ2v) is 7.01. The van der Waals surface area contributed by atoms with Crippen LogP contribution in [0.1, 0.15) is 25.0 Å². The number of hydrogen-bond acceptors (Lipinski definition) is 5. The summed E-state index contributed by atoms with van der Waals surface area (Å²) < 4.78 is 11.1. The van der Waals surface area contributed by atoms with Gasteiger partial charge < -0.3 is 25.0 Å².